The summed E-state index contributed by atoms with van der Waals surface area (Å²) in [5, 5.41) is 6.73. The third kappa shape index (κ3) is 4.18. The average Bonchev–Trinajstić information content (AvgIpc) is 2.05. The lowest BCUT2D eigenvalue weighted by Gasteiger charge is -2.23. The van der Waals surface area contributed by atoms with Crippen LogP contribution in [0.5, 0.6) is 0 Å². The van der Waals surface area contributed by atoms with Crippen molar-refractivity contribution in [3.63, 3.8) is 0 Å². The molecular formula is C8H18N2OS. The smallest absolute Gasteiger partial charge is 0.0357 e. The molecule has 1 fully saturated rings. The first kappa shape index (κ1) is 10.2. The molecule has 0 radical (unpaired) electrons. The van der Waals surface area contributed by atoms with Crippen LogP contribution in [-0.4, -0.2) is 41.9 Å². The molecule has 3 nitrogen and oxygen atoms in total. The van der Waals surface area contributed by atoms with Gasteiger partial charge in [-0.15, -0.1) is 0 Å². The summed E-state index contributed by atoms with van der Waals surface area (Å²) in [6.07, 6.45) is 4.26. The molecule has 4 heteroatoms. The summed E-state index contributed by atoms with van der Waals surface area (Å²) >= 11 is 0. The Morgan fingerprint density at radius 1 is 1.67 bits per heavy atom. The molecule has 0 aromatic rings. The van der Waals surface area contributed by atoms with E-state index in [4.69, 9.17) is 0 Å². The Kier molecular flexibility index (Phi) is 4.80. The summed E-state index contributed by atoms with van der Waals surface area (Å²) in [5.74, 6) is 0.774. The van der Waals surface area contributed by atoms with Crippen LogP contribution in [0, 0.1) is 0 Å². The van der Waals surface area contributed by atoms with Gasteiger partial charge in [-0.2, -0.15) is 0 Å². The van der Waals surface area contributed by atoms with Gasteiger partial charge in [0.15, 0.2) is 0 Å². The molecule has 0 amide bonds. The number of hydrogen-bond acceptors (Lipinski definition) is 3. The number of piperidine rings is 1. The molecule has 2 unspecified atom stereocenters. The van der Waals surface area contributed by atoms with Gasteiger partial charge in [-0.25, -0.2) is 0 Å². The van der Waals surface area contributed by atoms with E-state index in [1.165, 1.54) is 12.8 Å². The Morgan fingerprint density at radius 3 is 3.08 bits per heavy atom. The highest BCUT2D eigenvalue weighted by Crippen LogP contribution is 2.00. The van der Waals surface area contributed by atoms with Gasteiger partial charge in [-0.05, 0) is 19.4 Å². The van der Waals surface area contributed by atoms with Crippen LogP contribution in [-0.2, 0) is 10.8 Å². The molecule has 72 valence electrons. The minimum absolute atomic E-state index is 0.599. The lowest BCUT2D eigenvalue weighted by Crippen LogP contribution is -2.44. The van der Waals surface area contributed by atoms with Gasteiger partial charge in [0.1, 0.15) is 0 Å². The Labute approximate surface area is 76.8 Å². The maximum Gasteiger partial charge on any atom is 0.0357 e. The SMILES string of the molecule is CS(=O)CCNC1CCCNC1. The summed E-state index contributed by atoms with van der Waals surface area (Å²) < 4.78 is 10.7. The number of rotatable bonds is 4. The molecule has 0 spiro atoms. The van der Waals surface area contributed by atoms with Crippen molar-refractivity contribution >= 4 is 10.8 Å². The summed E-state index contributed by atoms with van der Waals surface area (Å²) in [5.41, 5.74) is 0. The van der Waals surface area contributed by atoms with Crippen molar-refractivity contribution in [2.24, 2.45) is 0 Å². The van der Waals surface area contributed by atoms with Crippen molar-refractivity contribution in [1.82, 2.24) is 10.6 Å². The van der Waals surface area contributed by atoms with Crippen molar-refractivity contribution < 1.29 is 4.21 Å². The van der Waals surface area contributed by atoms with Crippen molar-refractivity contribution in [1.29, 1.82) is 0 Å². The molecule has 0 aromatic heterocycles. The van der Waals surface area contributed by atoms with Gasteiger partial charge < -0.3 is 10.6 Å². The highest BCUT2D eigenvalue weighted by Gasteiger charge is 2.11. The Bertz CT molecular complexity index is 146. The second kappa shape index (κ2) is 5.67. The zero-order chi connectivity index (χ0) is 8.81. The molecule has 0 aromatic carbocycles. The largest absolute Gasteiger partial charge is 0.315 e. The molecule has 1 rings (SSSR count). The molecule has 1 aliphatic heterocycles. The zero-order valence-electron chi connectivity index (χ0n) is 7.64. The minimum Gasteiger partial charge on any atom is -0.315 e. The normalized spacial score (nSPS) is 26.9. The molecule has 0 saturated carbocycles. The predicted octanol–water partition coefficient (Wildman–Crippen LogP) is -0.293. The highest BCUT2D eigenvalue weighted by molar-refractivity contribution is 7.84. The van der Waals surface area contributed by atoms with E-state index in [-0.39, 0.29) is 0 Å². The molecule has 1 aliphatic rings. The first-order chi connectivity index (χ1) is 5.79. The highest BCUT2D eigenvalue weighted by atomic mass is 32.2. The van der Waals surface area contributed by atoms with Gasteiger partial charge in [0.05, 0.1) is 0 Å². The second-order valence-corrected chi connectivity index (χ2v) is 4.83. The van der Waals surface area contributed by atoms with E-state index in [1.54, 1.807) is 6.26 Å². The van der Waals surface area contributed by atoms with Gasteiger partial charge in [-0.3, -0.25) is 4.21 Å². The molecule has 0 aliphatic carbocycles. The number of nitrogens with one attached hydrogen (secondary N) is 2. The van der Waals surface area contributed by atoms with Crippen molar-refractivity contribution in [2.45, 2.75) is 18.9 Å². The summed E-state index contributed by atoms with van der Waals surface area (Å²) in [4.78, 5) is 0. The van der Waals surface area contributed by atoms with Crippen LogP contribution < -0.4 is 10.6 Å². The van der Waals surface area contributed by atoms with Gasteiger partial charge >= 0.3 is 0 Å². The molecule has 1 heterocycles. The zero-order valence-corrected chi connectivity index (χ0v) is 8.45. The molecule has 2 atom stereocenters. The van der Waals surface area contributed by atoms with Gasteiger partial charge in [0.25, 0.3) is 0 Å². The first-order valence-electron chi connectivity index (χ1n) is 4.53. The van der Waals surface area contributed by atoms with E-state index in [2.05, 4.69) is 10.6 Å². The predicted molar refractivity (Wildman–Crippen MR) is 52.8 cm³/mol. The van der Waals surface area contributed by atoms with E-state index in [1.807, 2.05) is 0 Å². The standard InChI is InChI=1S/C8H18N2OS/c1-12(11)6-5-10-8-3-2-4-9-7-8/h8-10H,2-7H2,1H3. The van der Waals surface area contributed by atoms with E-state index in [0.717, 1.165) is 25.4 Å². The fourth-order valence-electron chi connectivity index (χ4n) is 1.43. The lowest BCUT2D eigenvalue weighted by atomic mass is 10.1. The summed E-state index contributed by atoms with van der Waals surface area (Å²) in [7, 11) is -0.653. The lowest BCUT2D eigenvalue weighted by molar-refractivity contribution is 0.397. The molecule has 12 heavy (non-hydrogen) atoms. The average molecular weight is 190 g/mol. The monoisotopic (exact) mass is 190 g/mol. The van der Waals surface area contributed by atoms with Crippen molar-refractivity contribution in [2.75, 3.05) is 31.6 Å². The minimum atomic E-state index is -0.653. The Morgan fingerprint density at radius 2 is 2.50 bits per heavy atom. The summed E-state index contributed by atoms with van der Waals surface area (Å²) in [6, 6.07) is 0.599. The fraction of sp³-hybridized carbons (Fsp3) is 1.00. The van der Waals surface area contributed by atoms with Crippen molar-refractivity contribution in [3.8, 4) is 0 Å². The second-order valence-electron chi connectivity index (χ2n) is 3.27. The van der Waals surface area contributed by atoms with Gasteiger partial charge in [-0.1, -0.05) is 0 Å². The Hall–Kier alpha value is 0.0700. The van der Waals surface area contributed by atoms with Crippen LogP contribution >= 0.6 is 0 Å². The van der Waals surface area contributed by atoms with Crippen molar-refractivity contribution in [3.05, 3.63) is 0 Å². The van der Waals surface area contributed by atoms with E-state index >= 15 is 0 Å². The van der Waals surface area contributed by atoms with Crippen LogP contribution in [0.4, 0.5) is 0 Å². The van der Waals surface area contributed by atoms with Crippen LogP contribution in [0.3, 0.4) is 0 Å². The fourth-order valence-corrected chi connectivity index (χ4v) is 1.84. The summed E-state index contributed by atoms with van der Waals surface area (Å²) in [6.45, 7) is 3.10. The first-order valence-corrected chi connectivity index (χ1v) is 6.26. The van der Waals surface area contributed by atoms with E-state index in [0.29, 0.717) is 6.04 Å². The van der Waals surface area contributed by atoms with E-state index < -0.39 is 10.8 Å². The third-order valence-corrected chi connectivity index (χ3v) is 2.90. The van der Waals surface area contributed by atoms with Crippen LogP contribution in [0.15, 0.2) is 0 Å². The van der Waals surface area contributed by atoms with Gasteiger partial charge in [0.2, 0.25) is 0 Å². The number of hydrogen-bond donors (Lipinski definition) is 2. The molecule has 2 N–H and O–H groups in total. The Balaban J connectivity index is 2.01. The molecule has 1 saturated heterocycles. The van der Waals surface area contributed by atoms with Crippen LogP contribution in [0.25, 0.3) is 0 Å². The van der Waals surface area contributed by atoms with Crippen LogP contribution in [0.1, 0.15) is 12.8 Å². The van der Waals surface area contributed by atoms with Crippen LogP contribution in [0.2, 0.25) is 0 Å². The third-order valence-electron chi connectivity index (χ3n) is 2.12. The maximum absolute atomic E-state index is 10.7. The maximum atomic E-state index is 10.7. The van der Waals surface area contributed by atoms with E-state index in [9.17, 15) is 4.21 Å². The quantitative estimate of drug-likeness (QED) is 0.640. The topological polar surface area (TPSA) is 41.1 Å². The van der Waals surface area contributed by atoms with Gasteiger partial charge in [0, 0.05) is 41.9 Å². The molecule has 0 bridgehead atoms. The molecular weight excluding hydrogens is 172 g/mol.